The second kappa shape index (κ2) is 4.48. The molecule has 4 heteroatoms. The van der Waals surface area contributed by atoms with Gasteiger partial charge in [-0.3, -0.25) is 4.79 Å². The lowest BCUT2D eigenvalue weighted by molar-refractivity contribution is -0.148. The maximum absolute atomic E-state index is 12.9. The molecule has 1 saturated carbocycles. The highest BCUT2D eigenvalue weighted by molar-refractivity contribution is 5.91. The zero-order valence-corrected chi connectivity index (χ0v) is 12.2. The van der Waals surface area contributed by atoms with Crippen LogP contribution < -0.4 is 5.73 Å². The summed E-state index contributed by atoms with van der Waals surface area (Å²) >= 11 is 0. The van der Waals surface area contributed by atoms with Gasteiger partial charge in [0.2, 0.25) is 5.91 Å². The Hall–Kier alpha value is -1.55. The average Bonchev–Trinajstić information content (AvgIpc) is 3.19. The Morgan fingerprint density at radius 3 is 2.45 bits per heavy atom. The van der Waals surface area contributed by atoms with E-state index >= 15 is 0 Å². The molecule has 1 aromatic carbocycles. The molecule has 1 heterocycles. The number of carbonyl (C=O) groups excluding carboxylic acids is 1. The summed E-state index contributed by atoms with van der Waals surface area (Å²) in [7, 11) is 0. The molecule has 2 fully saturated rings. The molecule has 1 saturated heterocycles. The second-order valence-electron chi connectivity index (χ2n) is 6.54. The zero-order valence-electron chi connectivity index (χ0n) is 12.2. The predicted octanol–water partition coefficient (Wildman–Crippen LogP) is 1.94. The highest BCUT2D eigenvalue weighted by Crippen LogP contribution is 2.50. The molecule has 0 atom stereocenters. The fraction of sp³-hybridized carbons (Fsp3) is 0.562. The Balaban J connectivity index is 1.81. The average molecular weight is 274 g/mol. The van der Waals surface area contributed by atoms with E-state index in [1.165, 1.54) is 0 Å². The Labute approximate surface area is 119 Å². The molecule has 20 heavy (non-hydrogen) atoms. The van der Waals surface area contributed by atoms with Crippen LogP contribution in [0.15, 0.2) is 24.3 Å². The van der Waals surface area contributed by atoms with Crippen LogP contribution in [-0.2, 0) is 14.9 Å². The van der Waals surface area contributed by atoms with Crippen LogP contribution >= 0.6 is 0 Å². The zero-order chi connectivity index (χ0) is 14.4. The summed E-state index contributed by atoms with van der Waals surface area (Å²) in [6.45, 7) is 6.06. The maximum Gasteiger partial charge on any atom is 0.233 e. The number of carbonyl (C=O) groups is 1. The van der Waals surface area contributed by atoms with Crippen molar-refractivity contribution in [3.63, 3.8) is 0 Å². The van der Waals surface area contributed by atoms with Crippen molar-refractivity contribution in [1.29, 1.82) is 0 Å². The smallest absolute Gasteiger partial charge is 0.233 e. The van der Waals surface area contributed by atoms with Crippen LogP contribution in [0, 0.1) is 0 Å². The topological polar surface area (TPSA) is 55.6 Å². The summed E-state index contributed by atoms with van der Waals surface area (Å²) in [5, 5.41) is 0. The van der Waals surface area contributed by atoms with Gasteiger partial charge in [0.15, 0.2) is 0 Å². The van der Waals surface area contributed by atoms with Crippen LogP contribution in [0.2, 0.25) is 0 Å². The molecule has 1 aromatic rings. The van der Waals surface area contributed by atoms with E-state index in [1.54, 1.807) is 0 Å². The minimum atomic E-state index is -0.304. The van der Waals surface area contributed by atoms with Gasteiger partial charge in [-0.05, 0) is 44.4 Å². The van der Waals surface area contributed by atoms with E-state index in [2.05, 4.69) is 0 Å². The Morgan fingerprint density at radius 1 is 1.25 bits per heavy atom. The summed E-state index contributed by atoms with van der Waals surface area (Å²) in [5.74, 6) is 0.249. The van der Waals surface area contributed by atoms with Gasteiger partial charge in [0.25, 0.3) is 0 Å². The predicted molar refractivity (Wildman–Crippen MR) is 78.4 cm³/mol. The number of nitrogens with two attached hydrogens (primary N) is 1. The van der Waals surface area contributed by atoms with Gasteiger partial charge < -0.3 is 15.4 Å². The molecule has 0 unspecified atom stereocenters. The minimum absolute atomic E-state index is 0.245. The van der Waals surface area contributed by atoms with E-state index in [0.717, 1.165) is 24.1 Å². The molecule has 1 aliphatic carbocycles. The number of ether oxygens (including phenoxy) is 1. The van der Waals surface area contributed by atoms with E-state index in [0.29, 0.717) is 19.7 Å². The molecular formula is C16H22N2O2. The molecule has 4 nitrogen and oxygen atoms in total. The summed E-state index contributed by atoms with van der Waals surface area (Å²) in [6.07, 6.45) is 1.88. The molecular weight excluding hydrogens is 252 g/mol. The molecule has 108 valence electrons. The lowest BCUT2D eigenvalue weighted by Crippen LogP contribution is -2.53. The molecule has 0 aromatic heterocycles. The summed E-state index contributed by atoms with van der Waals surface area (Å²) < 4.78 is 5.69. The first-order chi connectivity index (χ1) is 9.43. The number of rotatable bonds is 2. The second-order valence-corrected chi connectivity index (χ2v) is 6.54. The molecule has 2 aliphatic rings. The van der Waals surface area contributed by atoms with Crippen molar-refractivity contribution in [2.45, 2.75) is 37.7 Å². The SMILES string of the molecule is CC1(C)CN(C(=O)C2(c3ccc(N)cc3)CC2)CCO1. The molecule has 2 N–H and O–H groups in total. The van der Waals surface area contributed by atoms with E-state index in [1.807, 2.05) is 43.0 Å². The van der Waals surface area contributed by atoms with Gasteiger partial charge in [-0.2, -0.15) is 0 Å². The van der Waals surface area contributed by atoms with Crippen LogP contribution in [0.1, 0.15) is 32.3 Å². The van der Waals surface area contributed by atoms with Crippen LogP contribution in [0.25, 0.3) is 0 Å². The number of benzene rings is 1. The van der Waals surface area contributed by atoms with Crippen LogP contribution in [0.4, 0.5) is 5.69 Å². The number of nitrogens with zero attached hydrogens (tertiary/aromatic N) is 1. The molecule has 0 spiro atoms. The maximum atomic E-state index is 12.9. The third-order valence-electron chi connectivity index (χ3n) is 4.34. The van der Waals surface area contributed by atoms with E-state index in [4.69, 9.17) is 10.5 Å². The van der Waals surface area contributed by atoms with Crippen molar-refractivity contribution in [2.75, 3.05) is 25.4 Å². The summed E-state index contributed by atoms with van der Waals surface area (Å²) in [6, 6.07) is 7.75. The Morgan fingerprint density at radius 2 is 1.90 bits per heavy atom. The fourth-order valence-electron chi connectivity index (χ4n) is 3.05. The van der Waals surface area contributed by atoms with Crippen molar-refractivity contribution >= 4 is 11.6 Å². The number of nitrogen functional groups attached to an aromatic ring is 1. The summed E-state index contributed by atoms with van der Waals surface area (Å²) in [4.78, 5) is 14.9. The minimum Gasteiger partial charge on any atom is -0.399 e. The number of hydrogen-bond donors (Lipinski definition) is 1. The quantitative estimate of drug-likeness (QED) is 0.839. The van der Waals surface area contributed by atoms with Gasteiger partial charge in [-0.1, -0.05) is 12.1 Å². The van der Waals surface area contributed by atoms with Crippen molar-refractivity contribution in [3.8, 4) is 0 Å². The number of morpholine rings is 1. The highest BCUT2D eigenvalue weighted by Gasteiger charge is 2.53. The molecule has 1 amide bonds. The lowest BCUT2D eigenvalue weighted by Gasteiger charge is -2.39. The Kier molecular flexibility index (Phi) is 3.01. The first kappa shape index (κ1) is 13.4. The molecule has 0 radical (unpaired) electrons. The third-order valence-corrected chi connectivity index (χ3v) is 4.34. The normalized spacial score (nSPS) is 23.4. The molecule has 1 aliphatic heterocycles. The lowest BCUT2D eigenvalue weighted by atomic mass is 9.93. The van der Waals surface area contributed by atoms with Crippen LogP contribution in [-0.4, -0.2) is 36.1 Å². The van der Waals surface area contributed by atoms with Gasteiger partial charge in [0.1, 0.15) is 0 Å². The van der Waals surface area contributed by atoms with Gasteiger partial charge in [-0.15, -0.1) is 0 Å². The van der Waals surface area contributed by atoms with Gasteiger partial charge in [0.05, 0.1) is 17.6 Å². The number of hydrogen-bond acceptors (Lipinski definition) is 3. The van der Waals surface area contributed by atoms with E-state index in [9.17, 15) is 4.79 Å². The standard InChI is InChI=1S/C16H22N2O2/c1-15(2)11-18(9-10-20-15)14(19)16(7-8-16)12-3-5-13(17)6-4-12/h3-6H,7-11,17H2,1-2H3. The van der Waals surface area contributed by atoms with E-state index in [-0.39, 0.29) is 16.9 Å². The number of anilines is 1. The van der Waals surface area contributed by atoms with Crippen molar-refractivity contribution in [1.82, 2.24) is 4.90 Å². The largest absolute Gasteiger partial charge is 0.399 e. The van der Waals surface area contributed by atoms with Gasteiger partial charge >= 0.3 is 0 Å². The fourth-order valence-corrected chi connectivity index (χ4v) is 3.05. The first-order valence-corrected chi connectivity index (χ1v) is 7.22. The Bertz CT molecular complexity index is 518. The molecule has 3 rings (SSSR count). The summed E-state index contributed by atoms with van der Waals surface area (Å²) in [5.41, 5.74) is 7.02. The van der Waals surface area contributed by atoms with Crippen LogP contribution in [0.5, 0.6) is 0 Å². The van der Waals surface area contributed by atoms with Crippen LogP contribution in [0.3, 0.4) is 0 Å². The van der Waals surface area contributed by atoms with Gasteiger partial charge in [0, 0.05) is 18.8 Å². The first-order valence-electron chi connectivity index (χ1n) is 7.22. The number of amides is 1. The highest BCUT2D eigenvalue weighted by atomic mass is 16.5. The van der Waals surface area contributed by atoms with E-state index < -0.39 is 0 Å². The van der Waals surface area contributed by atoms with Gasteiger partial charge in [-0.25, -0.2) is 0 Å². The third kappa shape index (κ3) is 2.29. The van der Waals surface area contributed by atoms with Crippen molar-refractivity contribution < 1.29 is 9.53 Å². The van der Waals surface area contributed by atoms with Crippen molar-refractivity contribution in [2.24, 2.45) is 0 Å². The van der Waals surface area contributed by atoms with Crippen molar-refractivity contribution in [3.05, 3.63) is 29.8 Å². The molecule has 0 bridgehead atoms. The monoisotopic (exact) mass is 274 g/mol.